The molecule has 92 valence electrons. The third kappa shape index (κ3) is 2.60. The van der Waals surface area contributed by atoms with Crippen LogP contribution in [-0.4, -0.2) is 19.7 Å². The standard InChI is InChI=1S/C14H18O3/c1-3-17-14(15)9-11-5-4-10-8-12(16-2)6-7-13(10)11/h6-8,11H,3-5,9H2,1-2H3. The third-order valence-corrected chi connectivity index (χ3v) is 3.27. The van der Waals surface area contributed by atoms with Gasteiger partial charge >= 0.3 is 5.97 Å². The van der Waals surface area contributed by atoms with Crippen LogP contribution in [0.4, 0.5) is 0 Å². The van der Waals surface area contributed by atoms with Crippen LogP contribution in [0.1, 0.15) is 36.8 Å². The number of benzene rings is 1. The number of aryl methyl sites for hydroxylation is 1. The summed E-state index contributed by atoms with van der Waals surface area (Å²) in [5.74, 6) is 1.11. The summed E-state index contributed by atoms with van der Waals surface area (Å²) in [5, 5.41) is 0. The maximum Gasteiger partial charge on any atom is 0.306 e. The van der Waals surface area contributed by atoms with Gasteiger partial charge in [0.2, 0.25) is 0 Å². The fourth-order valence-corrected chi connectivity index (χ4v) is 2.44. The molecule has 0 aliphatic heterocycles. The zero-order valence-corrected chi connectivity index (χ0v) is 10.4. The van der Waals surface area contributed by atoms with Gasteiger partial charge < -0.3 is 9.47 Å². The van der Waals surface area contributed by atoms with Crippen molar-refractivity contribution in [1.29, 1.82) is 0 Å². The predicted octanol–water partition coefficient (Wildman–Crippen LogP) is 2.68. The van der Waals surface area contributed by atoms with Gasteiger partial charge in [0, 0.05) is 0 Å². The number of rotatable bonds is 4. The first-order chi connectivity index (χ1) is 8.24. The number of carbonyl (C=O) groups excluding carboxylic acids is 1. The van der Waals surface area contributed by atoms with Crippen molar-refractivity contribution >= 4 is 5.97 Å². The van der Waals surface area contributed by atoms with Gasteiger partial charge in [-0.1, -0.05) is 6.07 Å². The molecule has 1 aliphatic carbocycles. The Balaban J connectivity index is 2.09. The fourth-order valence-electron chi connectivity index (χ4n) is 2.44. The molecule has 3 nitrogen and oxygen atoms in total. The number of methoxy groups -OCH3 is 1. The first-order valence-electron chi connectivity index (χ1n) is 6.07. The van der Waals surface area contributed by atoms with E-state index in [1.54, 1.807) is 7.11 Å². The van der Waals surface area contributed by atoms with Gasteiger partial charge in [-0.2, -0.15) is 0 Å². The molecule has 0 saturated carbocycles. The van der Waals surface area contributed by atoms with E-state index in [0.717, 1.165) is 18.6 Å². The molecule has 0 saturated heterocycles. The SMILES string of the molecule is CCOC(=O)CC1CCc2cc(OC)ccc21. The van der Waals surface area contributed by atoms with Crippen molar-refractivity contribution in [2.75, 3.05) is 13.7 Å². The van der Waals surface area contributed by atoms with Crippen LogP contribution >= 0.6 is 0 Å². The van der Waals surface area contributed by atoms with Crippen molar-refractivity contribution in [3.63, 3.8) is 0 Å². The second-order valence-corrected chi connectivity index (χ2v) is 4.31. The van der Waals surface area contributed by atoms with Gasteiger partial charge in [0.05, 0.1) is 20.1 Å². The second kappa shape index (κ2) is 5.21. The van der Waals surface area contributed by atoms with Gasteiger partial charge in [0.15, 0.2) is 0 Å². The monoisotopic (exact) mass is 234 g/mol. The number of carbonyl (C=O) groups is 1. The number of fused-ring (bicyclic) bond motifs is 1. The number of hydrogen-bond donors (Lipinski definition) is 0. The van der Waals surface area contributed by atoms with Crippen molar-refractivity contribution in [1.82, 2.24) is 0 Å². The predicted molar refractivity (Wildman–Crippen MR) is 65.3 cm³/mol. The van der Waals surface area contributed by atoms with E-state index in [0.29, 0.717) is 18.9 Å². The topological polar surface area (TPSA) is 35.5 Å². The third-order valence-electron chi connectivity index (χ3n) is 3.27. The minimum absolute atomic E-state index is 0.0961. The summed E-state index contributed by atoms with van der Waals surface area (Å²) in [6.07, 6.45) is 2.55. The van der Waals surface area contributed by atoms with E-state index in [4.69, 9.17) is 9.47 Å². The van der Waals surface area contributed by atoms with E-state index >= 15 is 0 Å². The molecule has 17 heavy (non-hydrogen) atoms. The summed E-state index contributed by atoms with van der Waals surface area (Å²) in [6, 6.07) is 6.11. The molecule has 0 heterocycles. The summed E-state index contributed by atoms with van der Waals surface area (Å²) in [5.41, 5.74) is 2.58. The van der Waals surface area contributed by atoms with Crippen LogP contribution < -0.4 is 4.74 Å². The van der Waals surface area contributed by atoms with Crippen LogP contribution in [0, 0.1) is 0 Å². The molecule has 1 unspecified atom stereocenters. The van der Waals surface area contributed by atoms with Gasteiger partial charge in [0.25, 0.3) is 0 Å². The summed E-state index contributed by atoms with van der Waals surface area (Å²) in [6.45, 7) is 2.30. The van der Waals surface area contributed by atoms with Crippen LogP contribution in [0.3, 0.4) is 0 Å². The van der Waals surface area contributed by atoms with Gasteiger partial charge in [-0.05, 0) is 48.9 Å². The van der Waals surface area contributed by atoms with Crippen LogP contribution in [0.2, 0.25) is 0 Å². The number of hydrogen-bond acceptors (Lipinski definition) is 3. The summed E-state index contributed by atoms with van der Waals surface area (Å²) in [7, 11) is 1.67. The van der Waals surface area contributed by atoms with Crippen LogP contribution in [0.5, 0.6) is 5.75 Å². The molecule has 0 fully saturated rings. The Morgan fingerprint density at radius 2 is 2.29 bits per heavy atom. The lowest BCUT2D eigenvalue weighted by atomic mass is 9.98. The van der Waals surface area contributed by atoms with E-state index in [-0.39, 0.29) is 5.97 Å². The Bertz CT molecular complexity index is 412. The first kappa shape index (κ1) is 12.0. The lowest BCUT2D eigenvalue weighted by Crippen LogP contribution is -2.08. The van der Waals surface area contributed by atoms with Crippen LogP contribution in [0.25, 0.3) is 0 Å². The lowest BCUT2D eigenvalue weighted by molar-refractivity contribution is -0.143. The van der Waals surface area contributed by atoms with Crippen molar-refractivity contribution < 1.29 is 14.3 Å². The Morgan fingerprint density at radius 1 is 1.47 bits per heavy atom. The van der Waals surface area contributed by atoms with Gasteiger partial charge in [0.1, 0.15) is 5.75 Å². The van der Waals surface area contributed by atoms with E-state index in [1.165, 1.54) is 11.1 Å². The Morgan fingerprint density at radius 3 is 3.00 bits per heavy atom. The van der Waals surface area contributed by atoms with Gasteiger partial charge in [-0.15, -0.1) is 0 Å². The van der Waals surface area contributed by atoms with Gasteiger partial charge in [-0.3, -0.25) is 4.79 Å². The largest absolute Gasteiger partial charge is 0.497 e. The molecule has 0 amide bonds. The minimum Gasteiger partial charge on any atom is -0.497 e. The highest BCUT2D eigenvalue weighted by molar-refractivity contribution is 5.71. The van der Waals surface area contributed by atoms with Crippen LogP contribution in [0.15, 0.2) is 18.2 Å². The minimum atomic E-state index is -0.0961. The molecule has 1 aromatic carbocycles. The van der Waals surface area contributed by atoms with E-state index < -0.39 is 0 Å². The molecule has 0 radical (unpaired) electrons. The van der Waals surface area contributed by atoms with E-state index in [2.05, 4.69) is 12.1 Å². The molecule has 1 aromatic rings. The lowest BCUT2D eigenvalue weighted by Gasteiger charge is -2.11. The first-order valence-corrected chi connectivity index (χ1v) is 6.07. The quantitative estimate of drug-likeness (QED) is 0.751. The molecule has 0 N–H and O–H groups in total. The van der Waals surface area contributed by atoms with E-state index in [9.17, 15) is 4.79 Å². The molecular formula is C14H18O3. The summed E-state index contributed by atoms with van der Waals surface area (Å²) >= 11 is 0. The second-order valence-electron chi connectivity index (χ2n) is 4.31. The summed E-state index contributed by atoms with van der Waals surface area (Å²) < 4.78 is 10.2. The molecule has 2 rings (SSSR count). The van der Waals surface area contributed by atoms with Gasteiger partial charge in [-0.25, -0.2) is 0 Å². The fraction of sp³-hybridized carbons (Fsp3) is 0.500. The Labute approximate surface area is 102 Å². The molecule has 0 spiro atoms. The average molecular weight is 234 g/mol. The highest BCUT2D eigenvalue weighted by Gasteiger charge is 2.25. The van der Waals surface area contributed by atoms with Crippen LogP contribution in [-0.2, 0) is 16.0 Å². The molecule has 0 bridgehead atoms. The molecule has 0 aromatic heterocycles. The molecule has 1 aliphatic rings. The highest BCUT2D eigenvalue weighted by atomic mass is 16.5. The maximum atomic E-state index is 11.5. The zero-order chi connectivity index (χ0) is 12.3. The maximum absolute atomic E-state index is 11.5. The normalized spacial score (nSPS) is 17.6. The van der Waals surface area contributed by atoms with Crippen molar-refractivity contribution in [3.05, 3.63) is 29.3 Å². The summed E-state index contributed by atoms with van der Waals surface area (Å²) in [4.78, 5) is 11.5. The van der Waals surface area contributed by atoms with Crippen molar-refractivity contribution in [3.8, 4) is 5.75 Å². The van der Waals surface area contributed by atoms with E-state index in [1.807, 2.05) is 13.0 Å². The molecular weight excluding hydrogens is 216 g/mol. The number of esters is 1. The van der Waals surface area contributed by atoms with Crippen molar-refractivity contribution in [2.45, 2.75) is 32.1 Å². The zero-order valence-electron chi connectivity index (χ0n) is 10.4. The van der Waals surface area contributed by atoms with Crippen molar-refractivity contribution in [2.24, 2.45) is 0 Å². The molecule has 1 atom stereocenters. The number of ether oxygens (including phenoxy) is 2. The smallest absolute Gasteiger partial charge is 0.306 e. The average Bonchev–Trinajstić information content (AvgIpc) is 2.72. The molecule has 3 heteroatoms. The Hall–Kier alpha value is -1.51. The Kier molecular flexibility index (Phi) is 3.67. The highest BCUT2D eigenvalue weighted by Crippen LogP contribution is 2.37.